The van der Waals surface area contributed by atoms with Gasteiger partial charge in [0.15, 0.2) is 0 Å². The van der Waals surface area contributed by atoms with Crippen LogP contribution >= 0.6 is 24.0 Å². The molecule has 2 rings (SSSR count). The van der Waals surface area contributed by atoms with Crippen molar-refractivity contribution in [2.24, 2.45) is 5.73 Å². The Morgan fingerprint density at radius 2 is 2.15 bits per heavy atom. The maximum Gasteiger partial charge on any atom is 0.417 e. The highest BCUT2D eigenvalue weighted by Crippen LogP contribution is 2.34. The highest BCUT2D eigenvalue weighted by molar-refractivity contribution is 7.99. The summed E-state index contributed by atoms with van der Waals surface area (Å²) in [6.07, 6.45) is -2.40. The number of nitrogens with two attached hydrogens (primary N) is 1. The van der Waals surface area contributed by atoms with E-state index in [-0.39, 0.29) is 16.6 Å². The lowest BCUT2D eigenvalue weighted by Crippen LogP contribution is -2.26. The quantitative estimate of drug-likeness (QED) is 0.834. The minimum absolute atomic E-state index is 0.129. The van der Waals surface area contributed by atoms with Gasteiger partial charge in [-0.05, 0) is 36.8 Å². The third-order valence-corrected chi connectivity index (χ3v) is 4.56. The van der Waals surface area contributed by atoms with Gasteiger partial charge in [0.1, 0.15) is 4.99 Å². The smallest absolute Gasteiger partial charge is 0.389 e. The number of hydrogen-bond acceptors (Lipinski definition) is 3. The fourth-order valence-corrected chi connectivity index (χ4v) is 3.42. The second kappa shape index (κ2) is 6.22. The molecule has 1 saturated heterocycles. The van der Waals surface area contributed by atoms with Crippen LogP contribution in [0.25, 0.3) is 0 Å². The van der Waals surface area contributed by atoms with Crippen molar-refractivity contribution >= 4 is 34.7 Å². The molecule has 7 heteroatoms. The highest BCUT2D eigenvalue weighted by atomic mass is 32.2. The molecule has 1 unspecified atom stereocenters. The van der Waals surface area contributed by atoms with E-state index in [4.69, 9.17) is 5.73 Å². The molecule has 1 aromatic carbocycles. The number of rotatable bonds is 3. The van der Waals surface area contributed by atoms with Gasteiger partial charge in [-0.15, -0.1) is 0 Å². The monoisotopic (exact) mass is 320 g/mol. The van der Waals surface area contributed by atoms with Gasteiger partial charge in [0.05, 0.1) is 5.56 Å². The van der Waals surface area contributed by atoms with Gasteiger partial charge in [0.25, 0.3) is 0 Å². The minimum atomic E-state index is -4.46. The molecule has 0 aliphatic carbocycles. The van der Waals surface area contributed by atoms with Gasteiger partial charge in [-0.2, -0.15) is 24.9 Å². The summed E-state index contributed by atoms with van der Waals surface area (Å²) in [7, 11) is 0. The van der Waals surface area contributed by atoms with Crippen LogP contribution in [0.3, 0.4) is 0 Å². The van der Waals surface area contributed by atoms with Crippen molar-refractivity contribution in [2.45, 2.75) is 25.1 Å². The van der Waals surface area contributed by atoms with Crippen molar-refractivity contribution in [3.8, 4) is 0 Å². The molecule has 1 atom stereocenters. The van der Waals surface area contributed by atoms with Crippen LogP contribution in [0.1, 0.15) is 24.0 Å². The Bertz CT molecular complexity index is 497. The van der Waals surface area contributed by atoms with Crippen LogP contribution in [-0.4, -0.2) is 22.5 Å². The minimum Gasteiger partial charge on any atom is -0.389 e. The van der Waals surface area contributed by atoms with E-state index < -0.39 is 11.7 Å². The Balaban J connectivity index is 2.25. The number of hydrogen-bond donors (Lipinski definition) is 2. The first-order chi connectivity index (χ1) is 9.38. The van der Waals surface area contributed by atoms with Crippen LogP contribution in [0, 0.1) is 0 Å². The summed E-state index contributed by atoms with van der Waals surface area (Å²) in [6.45, 7) is 0. The molecule has 1 heterocycles. The lowest BCUT2D eigenvalue weighted by molar-refractivity contribution is -0.137. The first-order valence-corrected chi connectivity index (χ1v) is 7.79. The Morgan fingerprint density at radius 1 is 1.40 bits per heavy atom. The van der Waals surface area contributed by atoms with E-state index in [0.717, 1.165) is 30.4 Å². The van der Waals surface area contributed by atoms with Crippen LogP contribution in [0.5, 0.6) is 0 Å². The van der Waals surface area contributed by atoms with E-state index in [1.165, 1.54) is 6.07 Å². The van der Waals surface area contributed by atoms with Gasteiger partial charge in [0, 0.05) is 23.0 Å². The Labute approximate surface area is 125 Å². The summed E-state index contributed by atoms with van der Waals surface area (Å²) in [4.78, 5) is -0.239. The fourth-order valence-electron chi connectivity index (χ4n) is 2.17. The molecule has 0 bridgehead atoms. The standard InChI is InChI=1S/C13H15F3N2S2/c14-13(15,16)11-6-8(3-4-10(11)12(17)19)18-9-2-1-5-20-7-9/h3-4,6,9,18H,1-2,5,7H2,(H2,17,19). The second-order valence-corrected chi connectivity index (χ2v) is 6.27. The van der Waals surface area contributed by atoms with E-state index in [0.29, 0.717) is 5.69 Å². The predicted molar refractivity (Wildman–Crippen MR) is 81.3 cm³/mol. The van der Waals surface area contributed by atoms with Crippen molar-refractivity contribution in [3.05, 3.63) is 29.3 Å². The van der Waals surface area contributed by atoms with Crippen LogP contribution in [-0.2, 0) is 6.18 Å². The third kappa shape index (κ3) is 3.79. The Hall–Kier alpha value is -0.950. The van der Waals surface area contributed by atoms with Gasteiger partial charge in [-0.3, -0.25) is 0 Å². The molecular weight excluding hydrogens is 305 g/mol. The third-order valence-electron chi connectivity index (χ3n) is 3.12. The molecule has 0 spiro atoms. The molecule has 0 radical (unpaired) electrons. The van der Waals surface area contributed by atoms with E-state index in [2.05, 4.69) is 17.5 Å². The van der Waals surface area contributed by atoms with Gasteiger partial charge in [0.2, 0.25) is 0 Å². The zero-order valence-electron chi connectivity index (χ0n) is 10.7. The first-order valence-electron chi connectivity index (χ1n) is 6.23. The zero-order chi connectivity index (χ0) is 14.8. The molecular formula is C13H15F3N2S2. The zero-order valence-corrected chi connectivity index (χ0v) is 12.3. The number of benzene rings is 1. The summed E-state index contributed by atoms with van der Waals surface area (Å²) < 4.78 is 39.1. The molecule has 1 aliphatic heterocycles. The molecule has 2 nitrogen and oxygen atoms in total. The molecule has 1 fully saturated rings. The average molecular weight is 320 g/mol. The number of halogens is 3. The van der Waals surface area contributed by atoms with Crippen LogP contribution in [0.15, 0.2) is 18.2 Å². The molecule has 0 aromatic heterocycles. The molecule has 3 N–H and O–H groups in total. The molecule has 0 amide bonds. The number of anilines is 1. The van der Waals surface area contributed by atoms with Gasteiger partial charge >= 0.3 is 6.18 Å². The lowest BCUT2D eigenvalue weighted by Gasteiger charge is -2.24. The molecule has 110 valence electrons. The molecule has 1 aliphatic rings. The Kier molecular flexibility index (Phi) is 4.80. The summed E-state index contributed by atoms with van der Waals surface area (Å²) in [5.74, 6) is 2.03. The second-order valence-electron chi connectivity index (χ2n) is 4.68. The van der Waals surface area contributed by atoms with E-state index in [1.54, 1.807) is 6.07 Å². The van der Waals surface area contributed by atoms with Crippen LogP contribution in [0.2, 0.25) is 0 Å². The van der Waals surface area contributed by atoms with Crippen molar-refractivity contribution < 1.29 is 13.2 Å². The largest absolute Gasteiger partial charge is 0.417 e. The van der Waals surface area contributed by atoms with E-state index in [1.807, 2.05) is 11.8 Å². The van der Waals surface area contributed by atoms with Crippen molar-refractivity contribution in [1.82, 2.24) is 0 Å². The molecule has 1 aromatic rings. The molecule has 20 heavy (non-hydrogen) atoms. The number of alkyl halides is 3. The lowest BCUT2D eigenvalue weighted by atomic mass is 10.1. The predicted octanol–water partition coefficient (Wildman–Crippen LogP) is 3.65. The fraction of sp³-hybridized carbons (Fsp3) is 0.462. The summed E-state index contributed by atoms with van der Waals surface area (Å²) in [5.41, 5.74) is 4.91. The van der Waals surface area contributed by atoms with Crippen molar-refractivity contribution in [1.29, 1.82) is 0 Å². The normalized spacial score (nSPS) is 19.6. The summed E-state index contributed by atoms with van der Waals surface area (Å²) in [5, 5.41) is 3.15. The average Bonchev–Trinajstić information content (AvgIpc) is 2.38. The van der Waals surface area contributed by atoms with Crippen LogP contribution < -0.4 is 11.1 Å². The van der Waals surface area contributed by atoms with E-state index >= 15 is 0 Å². The molecule has 0 saturated carbocycles. The first kappa shape index (κ1) is 15.4. The Morgan fingerprint density at radius 3 is 2.70 bits per heavy atom. The number of thiocarbonyl (C=S) groups is 1. The van der Waals surface area contributed by atoms with Crippen LogP contribution in [0.4, 0.5) is 18.9 Å². The number of nitrogens with one attached hydrogen (secondary N) is 1. The topological polar surface area (TPSA) is 38.0 Å². The highest BCUT2D eigenvalue weighted by Gasteiger charge is 2.34. The SMILES string of the molecule is NC(=S)c1ccc(NC2CCCSC2)cc1C(F)(F)F. The van der Waals surface area contributed by atoms with Gasteiger partial charge in [-0.1, -0.05) is 12.2 Å². The van der Waals surface area contributed by atoms with Gasteiger partial charge in [-0.25, -0.2) is 0 Å². The van der Waals surface area contributed by atoms with Crippen molar-refractivity contribution in [3.63, 3.8) is 0 Å². The van der Waals surface area contributed by atoms with Crippen molar-refractivity contribution in [2.75, 3.05) is 16.8 Å². The van der Waals surface area contributed by atoms with Gasteiger partial charge < -0.3 is 11.1 Å². The summed E-state index contributed by atoms with van der Waals surface area (Å²) >= 11 is 6.49. The number of thioether (sulfide) groups is 1. The summed E-state index contributed by atoms with van der Waals surface area (Å²) in [6, 6.07) is 4.24. The maximum atomic E-state index is 13.0. The van der Waals surface area contributed by atoms with E-state index in [9.17, 15) is 13.2 Å². The maximum absolute atomic E-state index is 13.0.